The van der Waals surface area contributed by atoms with Crippen molar-refractivity contribution in [3.05, 3.63) is 0 Å². The molecule has 1 aliphatic carbocycles. The first kappa shape index (κ1) is 15.3. The van der Waals surface area contributed by atoms with Crippen LogP contribution in [-0.4, -0.2) is 47.5 Å². The van der Waals surface area contributed by atoms with Crippen LogP contribution in [0.15, 0.2) is 0 Å². The summed E-state index contributed by atoms with van der Waals surface area (Å²) >= 11 is 1.96. The summed E-state index contributed by atoms with van der Waals surface area (Å²) in [4.78, 5) is 0. The first-order valence-electron chi connectivity index (χ1n) is 6.49. The molecule has 1 aliphatic rings. The molecule has 1 fully saturated rings. The van der Waals surface area contributed by atoms with E-state index >= 15 is 0 Å². The van der Waals surface area contributed by atoms with Gasteiger partial charge in [0.25, 0.3) is 0 Å². The third-order valence-corrected chi connectivity index (χ3v) is 4.16. The summed E-state index contributed by atoms with van der Waals surface area (Å²) in [6.45, 7) is 7.07. The van der Waals surface area contributed by atoms with Gasteiger partial charge in [-0.15, -0.1) is 0 Å². The van der Waals surface area contributed by atoms with Crippen molar-refractivity contribution in [2.24, 2.45) is 0 Å². The zero-order valence-corrected chi connectivity index (χ0v) is 12.3. The average Bonchev–Trinajstić information content (AvgIpc) is 2.70. The van der Waals surface area contributed by atoms with Gasteiger partial charge in [-0.2, -0.15) is 11.8 Å². The lowest BCUT2D eigenvalue weighted by molar-refractivity contribution is -0.0483. The molecule has 0 aromatic rings. The van der Waals surface area contributed by atoms with Crippen LogP contribution in [0.1, 0.15) is 40.0 Å². The number of rotatable bonds is 6. The van der Waals surface area contributed by atoms with Crippen molar-refractivity contribution in [2.45, 2.75) is 63.0 Å². The van der Waals surface area contributed by atoms with Gasteiger partial charge >= 0.3 is 0 Å². The normalized spacial score (nSPS) is 27.4. The van der Waals surface area contributed by atoms with Gasteiger partial charge in [-0.1, -0.05) is 0 Å². The van der Waals surface area contributed by atoms with Crippen LogP contribution in [0.4, 0.5) is 0 Å². The lowest BCUT2D eigenvalue weighted by Gasteiger charge is -2.23. The molecule has 0 saturated heterocycles. The monoisotopic (exact) mass is 261 g/mol. The zero-order chi connectivity index (χ0) is 12.9. The molecular formula is C13H27NO2S. The Bertz CT molecular complexity index is 218. The Labute approximate surface area is 110 Å². The van der Waals surface area contributed by atoms with Crippen LogP contribution in [0.5, 0.6) is 0 Å². The lowest BCUT2D eigenvalue weighted by Crippen LogP contribution is -2.38. The summed E-state index contributed by atoms with van der Waals surface area (Å²) in [6, 6.07) is 0.580. The van der Waals surface area contributed by atoms with E-state index in [0.29, 0.717) is 19.2 Å². The van der Waals surface area contributed by atoms with Crippen molar-refractivity contribution in [1.82, 2.24) is 5.32 Å². The number of nitrogens with one attached hydrogen (secondary N) is 1. The number of aliphatic hydroxyl groups excluding tert-OH is 1. The third-order valence-electron chi connectivity index (χ3n) is 3.07. The maximum Gasteiger partial charge on any atom is 0.0898 e. The Kier molecular flexibility index (Phi) is 6.27. The maximum atomic E-state index is 9.80. The predicted molar refractivity (Wildman–Crippen MR) is 74.7 cm³/mol. The Balaban J connectivity index is 2.10. The summed E-state index contributed by atoms with van der Waals surface area (Å²) in [6.07, 6.45) is 5.54. The average molecular weight is 261 g/mol. The fourth-order valence-electron chi connectivity index (χ4n) is 2.05. The van der Waals surface area contributed by atoms with Crippen LogP contribution >= 0.6 is 11.8 Å². The molecule has 0 spiro atoms. The van der Waals surface area contributed by atoms with Gasteiger partial charge in [0, 0.05) is 17.8 Å². The summed E-state index contributed by atoms with van der Waals surface area (Å²) in [5.41, 5.74) is -0.168. The highest BCUT2D eigenvalue weighted by atomic mass is 32.2. The minimum Gasteiger partial charge on any atom is -0.389 e. The Hall–Kier alpha value is 0.230. The van der Waals surface area contributed by atoms with E-state index in [0.717, 1.165) is 5.25 Å². The van der Waals surface area contributed by atoms with E-state index in [1.165, 1.54) is 19.3 Å². The summed E-state index contributed by atoms with van der Waals surface area (Å²) < 4.78 is 5.55. The smallest absolute Gasteiger partial charge is 0.0898 e. The van der Waals surface area contributed by atoms with Crippen molar-refractivity contribution in [2.75, 3.05) is 19.4 Å². The first-order valence-corrected chi connectivity index (χ1v) is 7.77. The van der Waals surface area contributed by atoms with Crippen LogP contribution in [0.2, 0.25) is 0 Å². The highest BCUT2D eigenvalue weighted by molar-refractivity contribution is 7.99. The second-order valence-electron chi connectivity index (χ2n) is 5.85. The molecule has 0 amide bonds. The van der Waals surface area contributed by atoms with E-state index in [9.17, 15) is 5.11 Å². The first-order chi connectivity index (χ1) is 7.90. The van der Waals surface area contributed by atoms with E-state index in [4.69, 9.17) is 4.74 Å². The standard InChI is InChI=1S/C13H27NO2S/c1-13(2,3)16-9-11(15)8-14-10-5-6-12(7-10)17-4/h10-12,14-15H,5-9H2,1-4H3. The van der Waals surface area contributed by atoms with Gasteiger partial charge in [0.2, 0.25) is 0 Å². The lowest BCUT2D eigenvalue weighted by atomic mass is 10.2. The molecule has 0 radical (unpaired) electrons. The van der Waals surface area contributed by atoms with Gasteiger partial charge in [0.1, 0.15) is 0 Å². The molecule has 1 saturated carbocycles. The molecule has 17 heavy (non-hydrogen) atoms. The predicted octanol–water partition coefficient (Wildman–Crippen LogP) is 2.04. The molecule has 3 nitrogen and oxygen atoms in total. The Morgan fingerprint density at radius 3 is 2.65 bits per heavy atom. The summed E-state index contributed by atoms with van der Waals surface area (Å²) in [7, 11) is 0. The largest absolute Gasteiger partial charge is 0.389 e. The summed E-state index contributed by atoms with van der Waals surface area (Å²) in [5.74, 6) is 0. The van der Waals surface area contributed by atoms with Crippen molar-refractivity contribution < 1.29 is 9.84 Å². The zero-order valence-electron chi connectivity index (χ0n) is 11.5. The number of thioether (sulfide) groups is 1. The van der Waals surface area contributed by atoms with E-state index in [-0.39, 0.29) is 5.60 Å². The molecule has 0 aromatic heterocycles. The van der Waals surface area contributed by atoms with E-state index in [1.54, 1.807) is 0 Å². The third kappa shape index (κ3) is 6.65. The van der Waals surface area contributed by atoms with Gasteiger partial charge in [0.05, 0.1) is 18.3 Å². The molecule has 0 heterocycles. The Morgan fingerprint density at radius 1 is 1.41 bits per heavy atom. The van der Waals surface area contributed by atoms with Crippen molar-refractivity contribution in [3.8, 4) is 0 Å². The number of hydrogen-bond acceptors (Lipinski definition) is 4. The minimum atomic E-state index is -0.400. The van der Waals surface area contributed by atoms with Gasteiger partial charge in [-0.05, 0) is 46.3 Å². The SMILES string of the molecule is CSC1CCC(NCC(O)COC(C)(C)C)C1. The van der Waals surface area contributed by atoms with E-state index in [2.05, 4.69) is 11.6 Å². The minimum absolute atomic E-state index is 0.168. The van der Waals surface area contributed by atoms with Crippen LogP contribution in [0.3, 0.4) is 0 Å². The highest BCUT2D eigenvalue weighted by Crippen LogP contribution is 2.27. The molecule has 0 aromatic carbocycles. The van der Waals surface area contributed by atoms with Gasteiger partial charge in [-0.25, -0.2) is 0 Å². The van der Waals surface area contributed by atoms with E-state index < -0.39 is 6.10 Å². The Morgan fingerprint density at radius 2 is 2.12 bits per heavy atom. The molecule has 0 bridgehead atoms. The molecule has 0 aliphatic heterocycles. The van der Waals surface area contributed by atoms with Crippen molar-refractivity contribution in [3.63, 3.8) is 0 Å². The fourth-order valence-corrected chi connectivity index (χ4v) is 2.84. The molecule has 3 unspecified atom stereocenters. The summed E-state index contributed by atoms with van der Waals surface area (Å²) in [5, 5.41) is 14.0. The van der Waals surface area contributed by atoms with Gasteiger partial charge in [0.15, 0.2) is 0 Å². The van der Waals surface area contributed by atoms with Gasteiger partial charge in [-0.3, -0.25) is 0 Å². The molecule has 102 valence electrons. The van der Waals surface area contributed by atoms with Gasteiger partial charge < -0.3 is 15.2 Å². The van der Waals surface area contributed by atoms with Crippen molar-refractivity contribution >= 4 is 11.8 Å². The highest BCUT2D eigenvalue weighted by Gasteiger charge is 2.24. The topological polar surface area (TPSA) is 41.5 Å². The quantitative estimate of drug-likeness (QED) is 0.768. The molecule has 1 rings (SSSR count). The number of ether oxygens (including phenoxy) is 1. The maximum absolute atomic E-state index is 9.80. The van der Waals surface area contributed by atoms with Crippen molar-refractivity contribution in [1.29, 1.82) is 0 Å². The van der Waals surface area contributed by atoms with Crippen LogP contribution in [-0.2, 0) is 4.74 Å². The number of hydrogen-bond donors (Lipinski definition) is 2. The molecule has 4 heteroatoms. The molecule has 2 N–H and O–H groups in total. The van der Waals surface area contributed by atoms with Crippen LogP contribution < -0.4 is 5.32 Å². The number of aliphatic hydroxyl groups is 1. The molecular weight excluding hydrogens is 234 g/mol. The van der Waals surface area contributed by atoms with E-state index in [1.807, 2.05) is 32.5 Å². The second-order valence-corrected chi connectivity index (χ2v) is 6.99. The fraction of sp³-hybridized carbons (Fsp3) is 1.00. The second kappa shape index (κ2) is 6.98. The van der Waals surface area contributed by atoms with Crippen LogP contribution in [0.25, 0.3) is 0 Å². The van der Waals surface area contributed by atoms with Crippen LogP contribution in [0, 0.1) is 0 Å². The molecule has 3 atom stereocenters.